The van der Waals surface area contributed by atoms with Gasteiger partial charge in [-0.2, -0.15) is 0 Å². The lowest BCUT2D eigenvalue weighted by Gasteiger charge is -2.27. The molecule has 2 aromatic rings. The van der Waals surface area contributed by atoms with E-state index in [1.807, 2.05) is 0 Å². The summed E-state index contributed by atoms with van der Waals surface area (Å²) in [5.41, 5.74) is 1.02. The summed E-state index contributed by atoms with van der Waals surface area (Å²) in [5.74, 6) is -0.950. The van der Waals surface area contributed by atoms with Crippen LogP contribution in [0.5, 0.6) is 11.5 Å². The molecule has 0 spiro atoms. The summed E-state index contributed by atoms with van der Waals surface area (Å²) in [6, 6.07) is 8.40. The Labute approximate surface area is 191 Å². The number of imide groups is 1. The van der Waals surface area contributed by atoms with Crippen molar-refractivity contribution in [3.05, 3.63) is 53.1 Å². The molecule has 0 aromatic heterocycles. The molecule has 0 bridgehead atoms. The van der Waals surface area contributed by atoms with Gasteiger partial charge in [0.05, 0.1) is 42.8 Å². The first-order valence-electron chi connectivity index (χ1n) is 10.3. The lowest BCUT2D eigenvalue weighted by Crippen LogP contribution is -2.38. The topological polar surface area (TPSA) is 110 Å². The molecule has 1 heterocycles. The van der Waals surface area contributed by atoms with E-state index in [0.717, 1.165) is 24.0 Å². The van der Waals surface area contributed by atoms with Crippen LogP contribution in [0.1, 0.15) is 45.2 Å². The summed E-state index contributed by atoms with van der Waals surface area (Å²) in [6.45, 7) is 0. The molecule has 1 aliphatic carbocycles. The van der Waals surface area contributed by atoms with Gasteiger partial charge in [0.25, 0.3) is 11.8 Å². The van der Waals surface area contributed by atoms with Crippen molar-refractivity contribution < 1.29 is 32.3 Å². The number of methoxy groups -OCH3 is 2. The number of fused-ring (bicyclic) bond motifs is 1. The molecule has 1 aliphatic heterocycles. The van der Waals surface area contributed by atoms with Crippen LogP contribution in [-0.4, -0.2) is 63.8 Å². The van der Waals surface area contributed by atoms with Crippen molar-refractivity contribution in [2.24, 2.45) is 0 Å². The van der Waals surface area contributed by atoms with E-state index in [2.05, 4.69) is 0 Å². The van der Waals surface area contributed by atoms with Gasteiger partial charge in [0.1, 0.15) is 9.84 Å². The van der Waals surface area contributed by atoms with Gasteiger partial charge < -0.3 is 14.4 Å². The molecular formula is C23H24N2O7S. The number of amides is 3. The van der Waals surface area contributed by atoms with Crippen LogP contribution in [0.15, 0.2) is 36.4 Å². The SMILES string of the molecule is COc1ccc(C(CS(C)(=O)=O)N2C(=O)c3cccc(N(C=O)C4CC4)c3C2=O)cc1OC. The van der Waals surface area contributed by atoms with Gasteiger partial charge in [0.2, 0.25) is 6.41 Å². The number of carbonyl (C=O) groups excluding carboxylic acids is 3. The first-order valence-corrected chi connectivity index (χ1v) is 12.4. The fourth-order valence-electron chi connectivity index (χ4n) is 4.14. The number of ether oxygens (including phenoxy) is 2. The largest absolute Gasteiger partial charge is 0.493 e. The first-order chi connectivity index (χ1) is 15.7. The maximum atomic E-state index is 13.6. The molecule has 1 unspecified atom stereocenters. The van der Waals surface area contributed by atoms with Crippen LogP contribution in [-0.2, 0) is 14.6 Å². The quantitative estimate of drug-likeness (QED) is 0.406. The van der Waals surface area contributed by atoms with E-state index in [1.165, 1.54) is 25.2 Å². The monoisotopic (exact) mass is 472 g/mol. The summed E-state index contributed by atoms with van der Waals surface area (Å²) < 4.78 is 35.2. The fraction of sp³-hybridized carbons (Fsp3) is 0.348. The Hall–Kier alpha value is -3.40. The number of carbonyl (C=O) groups is 3. The molecule has 1 saturated carbocycles. The highest BCUT2D eigenvalue weighted by atomic mass is 32.2. The number of benzene rings is 2. The van der Waals surface area contributed by atoms with E-state index >= 15 is 0 Å². The predicted molar refractivity (Wildman–Crippen MR) is 121 cm³/mol. The van der Waals surface area contributed by atoms with Crippen molar-refractivity contribution in [2.75, 3.05) is 31.1 Å². The second-order valence-electron chi connectivity index (χ2n) is 8.15. The zero-order chi connectivity index (χ0) is 23.9. The highest BCUT2D eigenvalue weighted by Crippen LogP contribution is 2.41. The molecule has 9 nitrogen and oxygen atoms in total. The van der Waals surface area contributed by atoms with Gasteiger partial charge in [-0.3, -0.25) is 19.3 Å². The normalized spacial score (nSPS) is 16.4. The molecule has 33 heavy (non-hydrogen) atoms. The second kappa shape index (κ2) is 8.51. The highest BCUT2D eigenvalue weighted by molar-refractivity contribution is 7.90. The van der Waals surface area contributed by atoms with Crippen molar-refractivity contribution in [1.29, 1.82) is 0 Å². The number of sulfone groups is 1. The van der Waals surface area contributed by atoms with Crippen LogP contribution in [0.3, 0.4) is 0 Å². The summed E-state index contributed by atoms with van der Waals surface area (Å²) in [5, 5.41) is 0. The molecule has 0 N–H and O–H groups in total. The first kappa shape index (κ1) is 22.8. The molecule has 3 amide bonds. The third kappa shape index (κ3) is 4.18. The van der Waals surface area contributed by atoms with E-state index in [4.69, 9.17) is 9.47 Å². The summed E-state index contributed by atoms with van der Waals surface area (Å²) >= 11 is 0. The Morgan fingerprint density at radius 3 is 2.36 bits per heavy atom. The van der Waals surface area contributed by atoms with Crippen LogP contribution in [0.4, 0.5) is 5.69 Å². The van der Waals surface area contributed by atoms with E-state index in [0.29, 0.717) is 29.2 Å². The van der Waals surface area contributed by atoms with Gasteiger partial charge in [-0.1, -0.05) is 12.1 Å². The van der Waals surface area contributed by atoms with E-state index in [-0.39, 0.29) is 17.2 Å². The average Bonchev–Trinajstić information content (AvgIpc) is 3.58. The van der Waals surface area contributed by atoms with Gasteiger partial charge in [-0.05, 0) is 42.7 Å². The van der Waals surface area contributed by atoms with Gasteiger partial charge in [-0.15, -0.1) is 0 Å². The van der Waals surface area contributed by atoms with Crippen LogP contribution in [0.2, 0.25) is 0 Å². The molecule has 0 radical (unpaired) electrons. The molecule has 1 fully saturated rings. The van der Waals surface area contributed by atoms with Crippen molar-refractivity contribution in [2.45, 2.75) is 24.9 Å². The van der Waals surface area contributed by atoms with E-state index in [9.17, 15) is 22.8 Å². The van der Waals surface area contributed by atoms with Crippen molar-refractivity contribution in [1.82, 2.24) is 4.90 Å². The maximum Gasteiger partial charge on any atom is 0.264 e. The van der Waals surface area contributed by atoms with E-state index < -0.39 is 33.4 Å². The molecule has 2 aliphatic rings. The fourth-order valence-corrected chi connectivity index (χ4v) is 5.06. The van der Waals surface area contributed by atoms with Gasteiger partial charge >= 0.3 is 0 Å². The van der Waals surface area contributed by atoms with Crippen molar-refractivity contribution in [3.8, 4) is 11.5 Å². The Bertz CT molecular complexity index is 1240. The summed E-state index contributed by atoms with van der Waals surface area (Å²) in [6.07, 6.45) is 3.34. The summed E-state index contributed by atoms with van der Waals surface area (Å²) in [4.78, 5) is 41.1. The van der Waals surface area contributed by atoms with Crippen LogP contribution >= 0.6 is 0 Å². The third-order valence-corrected chi connectivity index (χ3v) is 6.74. The average molecular weight is 473 g/mol. The number of hydrogen-bond acceptors (Lipinski definition) is 7. The minimum Gasteiger partial charge on any atom is -0.493 e. The van der Waals surface area contributed by atoms with Crippen LogP contribution < -0.4 is 14.4 Å². The Balaban J connectivity index is 1.82. The number of hydrogen-bond donors (Lipinski definition) is 0. The van der Waals surface area contributed by atoms with Crippen LogP contribution in [0, 0.1) is 0 Å². The molecular weight excluding hydrogens is 448 g/mol. The second-order valence-corrected chi connectivity index (χ2v) is 10.3. The molecule has 10 heteroatoms. The number of nitrogens with zero attached hydrogens (tertiary/aromatic N) is 2. The maximum absolute atomic E-state index is 13.6. The van der Waals surface area contributed by atoms with Crippen molar-refractivity contribution >= 4 is 33.7 Å². The number of anilines is 1. The molecule has 174 valence electrons. The molecule has 4 rings (SSSR count). The summed E-state index contributed by atoms with van der Waals surface area (Å²) in [7, 11) is -0.692. The third-order valence-electron chi connectivity index (χ3n) is 5.82. The Kier molecular flexibility index (Phi) is 5.87. The lowest BCUT2D eigenvalue weighted by atomic mass is 10.1. The highest BCUT2D eigenvalue weighted by Gasteiger charge is 2.45. The zero-order valence-electron chi connectivity index (χ0n) is 18.5. The number of rotatable bonds is 9. The predicted octanol–water partition coefficient (Wildman–Crippen LogP) is 2.21. The van der Waals surface area contributed by atoms with Gasteiger partial charge in [0.15, 0.2) is 11.5 Å². The zero-order valence-corrected chi connectivity index (χ0v) is 19.3. The molecule has 2 aromatic carbocycles. The smallest absolute Gasteiger partial charge is 0.264 e. The minimum atomic E-state index is -3.60. The van der Waals surface area contributed by atoms with E-state index in [1.54, 1.807) is 30.3 Å². The van der Waals surface area contributed by atoms with Gasteiger partial charge in [0, 0.05) is 12.3 Å². The Morgan fingerprint density at radius 2 is 1.79 bits per heavy atom. The van der Waals surface area contributed by atoms with Crippen LogP contribution in [0.25, 0.3) is 0 Å². The van der Waals surface area contributed by atoms with Gasteiger partial charge in [-0.25, -0.2) is 8.42 Å². The molecule has 1 atom stereocenters. The lowest BCUT2D eigenvalue weighted by molar-refractivity contribution is -0.107. The van der Waals surface area contributed by atoms with Crippen molar-refractivity contribution in [3.63, 3.8) is 0 Å². The Morgan fingerprint density at radius 1 is 1.09 bits per heavy atom. The molecule has 0 saturated heterocycles. The standard InChI is InChI=1S/C23H24N2O7S/c1-31-19-10-7-14(11-20(19)32-2)18(12-33(3,29)30)25-22(27)16-5-4-6-17(21(16)23(25)28)24(13-26)15-8-9-15/h4-7,10-11,13,15,18H,8-9,12H2,1-3H3. The minimum absolute atomic E-state index is 0.0105.